The number of carbonyl (C=O) groups excluding carboxylic acids is 1. The quantitative estimate of drug-likeness (QED) is 0.482. The minimum Gasteiger partial charge on any atom is -0.481 e. The standard InChI is InChI=1S/C21H17ClFN3O3S/c1-28-19-10-13(11-20(24-19)29-2)26-21(27)25(17-8-3-4-9-18(17)30-26)12-14-15(22)6-5-7-16(14)23/h3-11H,12H2,1-2H3. The van der Waals surface area contributed by atoms with E-state index in [4.69, 9.17) is 21.1 Å². The molecule has 0 aliphatic carbocycles. The number of amides is 2. The van der Waals surface area contributed by atoms with Crippen LogP contribution in [0.25, 0.3) is 0 Å². The molecule has 4 rings (SSSR count). The van der Waals surface area contributed by atoms with Crippen LogP contribution >= 0.6 is 23.5 Å². The number of methoxy groups -OCH3 is 2. The summed E-state index contributed by atoms with van der Waals surface area (Å²) in [6.07, 6.45) is 0. The summed E-state index contributed by atoms with van der Waals surface area (Å²) >= 11 is 7.47. The van der Waals surface area contributed by atoms with Gasteiger partial charge in [0, 0.05) is 22.7 Å². The van der Waals surface area contributed by atoms with Crippen LogP contribution in [0.2, 0.25) is 5.02 Å². The molecule has 154 valence electrons. The Bertz CT molecular complexity index is 1070. The van der Waals surface area contributed by atoms with Gasteiger partial charge in [0.25, 0.3) is 0 Å². The predicted molar refractivity (Wildman–Crippen MR) is 115 cm³/mol. The molecule has 30 heavy (non-hydrogen) atoms. The maximum absolute atomic E-state index is 14.4. The molecule has 0 spiro atoms. The first-order valence-electron chi connectivity index (χ1n) is 8.93. The molecule has 1 aliphatic rings. The number of nitrogens with zero attached hydrogens (tertiary/aromatic N) is 3. The van der Waals surface area contributed by atoms with Crippen molar-refractivity contribution in [3.63, 3.8) is 0 Å². The van der Waals surface area contributed by atoms with Crippen LogP contribution in [-0.4, -0.2) is 25.2 Å². The largest absolute Gasteiger partial charge is 0.481 e. The van der Waals surface area contributed by atoms with Gasteiger partial charge in [-0.1, -0.05) is 29.8 Å². The van der Waals surface area contributed by atoms with Crippen LogP contribution in [0.3, 0.4) is 0 Å². The van der Waals surface area contributed by atoms with Crippen molar-refractivity contribution in [2.24, 2.45) is 0 Å². The van der Waals surface area contributed by atoms with Crippen molar-refractivity contribution in [2.45, 2.75) is 11.4 Å². The van der Waals surface area contributed by atoms with Crippen LogP contribution in [0.1, 0.15) is 5.56 Å². The maximum atomic E-state index is 14.4. The van der Waals surface area contributed by atoms with E-state index >= 15 is 0 Å². The third kappa shape index (κ3) is 3.76. The highest BCUT2D eigenvalue weighted by Crippen LogP contribution is 2.43. The molecule has 1 aromatic heterocycles. The first-order valence-corrected chi connectivity index (χ1v) is 10.1. The molecule has 9 heteroatoms. The SMILES string of the molecule is COc1cc(N2Sc3ccccc3N(Cc3c(F)cccc3Cl)C2=O)cc(OC)n1. The van der Waals surface area contributed by atoms with Gasteiger partial charge in [0.1, 0.15) is 5.82 Å². The van der Waals surface area contributed by atoms with Gasteiger partial charge in [-0.15, -0.1) is 0 Å². The fourth-order valence-corrected chi connectivity index (χ4v) is 4.28. The number of benzene rings is 2. The van der Waals surface area contributed by atoms with E-state index in [0.29, 0.717) is 23.1 Å². The monoisotopic (exact) mass is 445 g/mol. The molecule has 0 bridgehead atoms. The van der Waals surface area contributed by atoms with Gasteiger partial charge >= 0.3 is 6.03 Å². The van der Waals surface area contributed by atoms with Crippen molar-refractivity contribution < 1.29 is 18.7 Å². The summed E-state index contributed by atoms with van der Waals surface area (Å²) in [6.45, 7) is -0.0161. The first-order chi connectivity index (χ1) is 14.5. The third-order valence-corrected chi connectivity index (χ3v) is 5.99. The number of carbonyl (C=O) groups is 1. The van der Waals surface area contributed by atoms with Crippen molar-refractivity contribution in [1.82, 2.24) is 4.98 Å². The summed E-state index contributed by atoms with van der Waals surface area (Å²) in [5.74, 6) is 0.144. The average molecular weight is 446 g/mol. The molecule has 0 N–H and O–H groups in total. The number of anilines is 2. The lowest BCUT2D eigenvalue weighted by atomic mass is 10.2. The average Bonchev–Trinajstić information content (AvgIpc) is 2.77. The maximum Gasteiger partial charge on any atom is 0.339 e. The Kier molecular flexibility index (Phi) is 5.69. The summed E-state index contributed by atoms with van der Waals surface area (Å²) in [5, 5.41) is 0.261. The van der Waals surface area contributed by atoms with E-state index in [9.17, 15) is 9.18 Å². The number of ether oxygens (including phenoxy) is 2. The summed E-state index contributed by atoms with van der Waals surface area (Å²) in [7, 11) is 2.97. The summed E-state index contributed by atoms with van der Waals surface area (Å²) in [4.78, 5) is 20.0. The van der Waals surface area contributed by atoms with Crippen LogP contribution in [0.5, 0.6) is 11.8 Å². The summed E-state index contributed by atoms with van der Waals surface area (Å²) in [6, 6.07) is 14.8. The second-order valence-electron chi connectivity index (χ2n) is 6.33. The second-order valence-corrected chi connectivity index (χ2v) is 7.73. The number of halogens is 2. The molecule has 0 saturated heterocycles. The van der Waals surface area contributed by atoms with E-state index in [1.807, 2.05) is 24.3 Å². The lowest BCUT2D eigenvalue weighted by Crippen LogP contribution is -2.43. The first kappa shape index (κ1) is 20.3. The van der Waals surface area contributed by atoms with E-state index in [-0.39, 0.29) is 23.2 Å². The van der Waals surface area contributed by atoms with Gasteiger partial charge in [-0.05, 0) is 36.2 Å². The number of para-hydroxylation sites is 1. The summed E-state index contributed by atoms with van der Waals surface area (Å²) < 4.78 is 26.4. The lowest BCUT2D eigenvalue weighted by Gasteiger charge is -2.36. The minimum atomic E-state index is -0.468. The minimum absolute atomic E-state index is 0.0161. The molecule has 0 fully saturated rings. The number of hydrogen-bond acceptors (Lipinski definition) is 5. The van der Waals surface area contributed by atoms with E-state index in [1.54, 1.807) is 18.2 Å². The van der Waals surface area contributed by atoms with E-state index in [0.717, 1.165) is 4.90 Å². The predicted octanol–water partition coefficient (Wildman–Crippen LogP) is 5.55. The van der Waals surface area contributed by atoms with Crippen LogP contribution in [0.15, 0.2) is 59.5 Å². The van der Waals surface area contributed by atoms with Crippen molar-refractivity contribution in [2.75, 3.05) is 23.4 Å². The number of hydrogen-bond donors (Lipinski definition) is 0. The Morgan fingerprint density at radius 2 is 1.77 bits per heavy atom. The number of urea groups is 1. The fourth-order valence-electron chi connectivity index (χ4n) is 3.06. The van der Waals surface area contributed by atoms with E-state index < -0.39 is 5.82 Å². The molecule has 0 radical (unpaired) electrons. The van der Waals surface area contributed by atoms with Gasteiger partial charge in [-0.3, -0.25) is 4.90 Å². The Morgan fingerprint density at radius 3 is 2.43 bits per heavy atom. The smallest absolute Gasteiger partial charge is 0.339 e. The van der Waals surface area contributed by atoms with Crippen LogP contribution in [0, 0.1) is 5.82 Å². The fraction of sp³-hybridized carbons (Fsp3) is 0.143. The van der Waals surface area contributed by atoms with Crippen molar-refractivity contribution in [3.8, 4) is 11.8 Å². The molecule has 2 heterocycles. The molecular weight excluding hydrogens is 429 g/mol. The highest BCUT2D eigenvalue weighted by molar-refractivity contribution is 8.01. The molecule has 1 aliphatic heterocycles. The lowest BCUT2D eigenvalue weighted by molar-refractivity contribution is 0.254. The zero-order valence-electron chi connectivity index (χ0n) is 16.1. The summed E-state index contributed by atoms with van der Waals surface area (Å²) in [5.41, 5.74) is 1.45. The Hall–Kier alpha value is -2.97. The Labute approximate surface area is 182 Å². The molecular formula is C21H17ClFN3O3S. The zero-order valence-corrected chi connectivity index (χ0v) is 17.7. The molecule has 2 aromatic carbocycles. The van der Waals surface area contributed by atoms with Crippen LogP contribution in [0.4, 0.5) is 20.6 Å². The van der Waals surface area contributed by atoms with Gasteiger partial charge in [0.05, 0.1) is 37.0 Å². The highest BCUT2D eigenvalue weighted by Gasteiger charge is 2.34. The molecule has 6 nitrogen and oxygen atoms in total. The van der Waals surface area contributed by atoms with Crippen molar-refractivity contribution >= 4 is 41.0 Å². The van der Waals surface area contributed by atoms with E-state index in [1.165, 1.54) is 47.5 Å². The van der Waals surface area contributed by atoms with Gasteiger partial charge < -0.3 is 9.47 Å². The topological polar surface area (TPSA) is 54.9 Å². The number of rotatable bonds is 5. The van der Waals surface area contributed by atoms with E-state index in [2.05, 4.69) is 4.98 Å². The van der Waals surface area contributed by atoms with Crippen LogP contribution in [-0.2, 0) is 6.54 Å². The van der Waals surface area contributed by atoms with Crippen LogP contribution < -0.4 is 18.7 Å². The molecule has 0 unspecified atom stereocenters. The Balaban J connectivity index is 1.79. The van der Waals surface area contributed by atoms with Crippen molar-refractivity contribution in [1.29, 1.82) is 0 Å². The zero-order chi connectivity index (χ0) is 21.3. The van der Waals surface area contributed by atoms with Gasteiger partial charge in [-0.25, -0.2) is 13.5 Å². The highest BCUT2D eigenvalue weighted by atomic mass is 35.5. The normalized spacial score (nSPS) is 13.3. The third-order valence-electron chi connectivity index (χ3n) is 4.54. The second kappa shape index (κ2) is 8.41. The number of fused-ring (bicyclic) bond motifs is 1. The molecule has 3 aromatic rings. The number of pyridine rings is 1. The Morgan fingerprint density at radius 1 is 1.07 bits per heavy atom. The van der Waals surface area contributed by atoms with Crippen molar-refractivity contribution in [3.05, 3.63) is 71.0 Å². The molecule has 0 atom stereocenters. The van der Waals surface area contributed by atoms with Gasteiger partial charge in [0.2, 0.25) is 11.8 Å². The van der Waals surface area contributed by atoms with Gasteiger partial charge in [0.15, 0.2) is 0 Å². The molecule has 0 saturated carbocycles. The number of aromatic nitrogens is 1. The van der Waals surface area contributed by atoms with Gasteiger partial charge in [-0.2, -0.15) is 4.98 Å². The molecule has 2 amide bonds.